The van der Waals surface area contributed by atoms with Crippen molar-refractivity contribution in [1.82, 2.24) is 4.72 Å². The summed E-state index contributed by atoms with van der Waals surface area (Å²) in [4.78, 5) is 3.72. The van der Waals surface area contributed by atoms with Crippen LogP contribution in [0, 0.1) is 5.92 Å². The van der Waals surface area contributed by atoms with Crippen molar-refractivity contribution in [2.45, 2.75) is 23.8 Å². The van der Waals surface area contributed by atoms with Crippen LogP contribution in [0.3, 0.4) is 0 Å². The molecule has 0 aromatic heterocycles. The number of fused-ring (bicyclic) bond motifs is 1. The Morgan fingerprint density at radius 2 is 1.59 bits per heavy atom. The second-order valence-corrected chi connectivity index (χ2v) is 10.9. The van der Waals surface area contributed by atoms with Crippen molar-refractivity contribution >= 4 is 63.2 Å². The van der Waals surface area contributed by atoms with Crippen LogP contribution in [-0.2, 0) is 0 Å². The van der Waals surface area contributed by atoms with Gasteiger partial charge in [-0.3, -0.25) is 4.72 Å². The average molecular weight is 528 g/mol. The number of hydrogen-bond donors (Lipinski definition) is 1. The molecule has 4 aromatic carbocycles. The minimum absolute atomic E-state index is 0.202. The van der Waals surface area contributed by atoms with E-state index in [0.29, 0.717) is 10.9 Å². The summed E-state index contributed by atoms with van der Waals surface area (Å²) in [5.74, 6) is 0.514. The zero-order chi connectivity index (χ0) is 23.5. The number of halogens is 3. The minimum atomic E-state index is 0.202. The van der Waals surface area contributed by atoms with Gasteiger partial charge in [-0.1, -0.05) is 77.3 Å². The first-order valence-electron chi connectivity index (χ1n) is 11.4. The second kappa shape index (κ2) is 10.8. The topological polar surface area (TPSA) is 15.3 Å². The summed E-state index contributed by atoms with van der Waals surface area (Å²) in [7, 11) is 0. The molecule has 1 aliphatic rings. The average Bonchev–Trinajstić information content (AvgIpc) is 2.85. The van der Waals surface area contributed by atoms with Gasteiger partial charge in [-0.05, 0) is 89.5 Å². The molecule has 2 atom stereocenters. The van der Waals surface area contributed by atoms with Gasteiger partial charge in [0.15, 0.2) is 0 Å². The molecule has 5 rings (SSSR count). The Morgan fingerprint density at radius 3 is 2.41 bits per heavy atom. The largest absolute Gasteiger partial charge is 0.364 e. The molecule has 0 radical (unpaired) electrons. The van der Waals surface area contributed by atoms with Gasteiger partial charge in [0.05, 0.1) is 6.04 Å². The molecule has 34 heavy (non-hydrogen) atoms. The number of rotatable bonds is 6. The van der Waals surface area contributed by atoms with E-state index in [9.17, 15) is 0 Å². The van der Waals surface area contributed by atoms with E-state index in [4.69, 9.17) is 34.8 Å². The molecule has 0 bridgehead atoms. The van der Waals surface area contributed by atoms with E-state index in [2.05, 4.69) is 70.3 Å². The number of hydrogen-bond acceptors (Lipinski definition) is 3. The highest BCUT2D eigenvalue weighted by atomic mass is 35.5. The monoisotopic (exact) mass is 526 g/mol. The smallest absolute Gasteiger partial charge is 0.0557 e. The van der Waals surface area contributed by atoms with Crippen molar-refractivity contribution in [2.24, 2.45) is 5.92 Å². The molecular weight excluding hydrogens is 503 g/mol. The Bertz CT molecular complexity index is 1270. The summed E-state index contributed by atoms with van der Waals surface area (Å²) in [6, 6.07) is 29.1. The molecule has 174 valence electrons. The molecule has 0 aliphatic carbocycles. The lowest BCUT2D eigenvalue weighted by Crippen LogP contribution is -2.41. The number of nitrogens with one attached hydrogen (secondary N) is 1. The van der Waals surface area contributed by atoms with Crippen LogP contribution in [0.4, 0.5) is 5.69 Å². The fourth-order valence-corrected chi connectivity index (χ4v) is 6.33. The van der Waals surface area contributed by atoms with Gasteiger partial charge in [-0.2, -0.15) is 0 Å². The van der Waals surface area contributed by atoms with Crippen LogP contribution in [-0.4, -0.2) is 13.1 Å². The highest BCUT2D eigenvalue weighted by molar-refractivity contribution is 7.97. The minimum Gasteiger partial charge on any atom is -0.364 e. The molecule has 1 N–H and O–H groups in total. The van der Waals surface area contributed by atoms with E-state index >= 15 is 0 Å². The quantitative estimate of drug-likeness (QED) is 0.252. The van der Waals surface area contributed by atoms with Crippen LogP contribution in [0.15, 0.2) is 89.8 Å². The van der Waals surface area contributed by atoms with Crippen molar-refractivity contribution in [3.8, 4) is 0 Å². The van der Waals surface area contributed by atoms with E-state index < -0.39 is 0 Å². The Kier molecular flexibility index (Phi) is 7.58. The van der Waals surface area contributed by atoms with Crippen LogP contribution < -0.4 is 9.62 Å². The maximum Gasteiger partial charge on any atom is 0.0557 e. The highest BCUT2D eigenvalue weighted by Gasteiger charge is 2.31. The molecule has 1 aliphatic heterocycles. The van der Waals surface area contributed by atoms with Crippen molar-refractivity contribution in [3.05, 3.63) is 106 Å². The van der Waals surface area contributed by atoms with E-state index in [-0.39, 0.29) is 6.04 Å². The Balaban J connectivity index is 1.32. The first-order valence-corrected chi connectivity index (χ1v) is 13.4. The SMILES string of the molecule is Clc1ccc(N2CC(CNSc3cccc4ccccc34)CCC2c2ccc(Cl)cc2Cl)cc1. The van der Waals surface area contributed by atoms with Gasteiger partial charge in [-0.15, -0.1) is 0 Å². The predicted octanol–water partition coefficient (Wildman–Crippen LogP) is 9.05. The summed E-state index contributed by atoms with van der Waals surface area (Å²) in [5.41, 5.74) is 2.28. The molecule has 1 saturated heterocycles. The van der Waals surface area contributed by atoms with Gasteiger partial charge in [0.25, 0.3) is 0 Å². The van der Waals surface area contributed by atoms with Gasteiger partial charge in [-0.25, -0.2) is 0 Å². The molecule has 0 amide bonds. The van der Waals surface area contributed by atoms with E-state index in [1.165, 1.54) is 15.7 Å². The van der Waals surface area contributed by atoms with Crippen LogP contribution in [0.5, 0.6) is 0 Å². The third-order valence-corrected chi connectivity index (χ3v) is 8.16. The lowest BCUT2D eigenvalue weighted by atomic mass is 9.88. The molecule has 1 heterocycles. The molecule has 4 aromatic rings. The van der Waals surface area contributed by atoms with Crippen LogP contribution >= 0.6 is 46.8 Å². The van der Waals surface area contributed by atoms with E-state index in [1.54, 1.807) is 11.9 Å². The maximum atomic E-state index is 6.63. The molecule has 2 unspecified atom stereocenters. The van der Waals surface area contributed by atoms with Crippen molar-refractivity contribution in [2.75, 3.05) is 18.0 Å². The maximum absolute atomic E-state index is 6.63. The number of benzene rings is 4. The third-order valence-electron chi connectivity index (χ3n) is 6.46. The van der Waals surface area contributed by atoms with E-state index in [1.807, 2.05) is 24.3 Å². The Hall–Kier alpha value is -1.88. The lowest BCUT2D eigenvalue weighted by Gasteiger charge is -2.42. The summed E-state index contributed by atoms with van der Waals surface area (Å²) in [6.07, 6.45) is 2.14. The summed E-state index contributed by atoms with van der Waals surface area (Å²) < 4.78 is 3.64. The van der Waals surface area contributed by atoms with Crippen molar-refractivity contribution in [1.29, 1.82) is 0 Å². The fourth-order valence-electron chi connectivity index (χ4n) is 4.75. The third kappa shape index (κ3) is 5.35. The van der Waals surface area contributed by atoms with Crippen molar-refractivity contribution in [3.63, 3.8) is 0 Å². The van der Waals surface area contributed by atoms with Crippen LogP contribution in [0.2, 0.25) is 15.1 Å². The first kappa shape index (κ1) is 23.8. The van der Waals surface area contributed by atoms with Crippen LogP contribution in [0.1, 0.15) is 24.4 Å². The van der Waals surface area contributed by atoms with Gasteiger partial charge in [0.2, 0.25) is 0 Å². The fraction of sp³-hybridized carbons (Fsp3) is 0.214. The van der Waals surface area contributed by atoms with Gasteiger partial charge < -0.3 is 4.90 Å². The summed E-state index contributed by atoms with van der Waals surface area (Å²) in [5, 5.41) is 4.68. The number of nitrogens with zero attached hydrogens (tertiary/aromatic N) is 1. The Labute approximate surface area is 220 Å². The molecule has 6 heteroatoms. The molecule has 0 saturated carbocycles. The first-order chi connectivity index (χ1) is 16.6. The van der Waals surface area contributed by atoms with Gasteiger partial charge >= 0.3 is 0 Å². The molecular formula is C28H25Cl3N2S. The zero-order valence-electron chi connectivity index (χ0n) is 18.6. The highest BCUT2D eigenvalue weighted by Crippen LogP contribution is 2.40. The predicted molar refractivity (Wildman–Crippen MR) is 149 cm³/mol. The van der Waals surface area contributed by atoms with E-state index in [0.717, 1.165) is 47.2 Å². The zero-order valence-corrected chi connectivity index (χ0v) is 21.6. The summed E-state index contributed by atoms with van der Waals surface area (Å²) >= 11 is 20.7. The standard InChI is InChI=1S/C28H25Cl3N2S/c29-21-9-12-23(13-10-21)33-18-19(8-15-27(33)25-14-11-22(30)16-26(25)31)17-32-34-28-7-3-5-20-4-1-2-6-24(20)28/h1-7,9-14,16,19,27,32H,8,15,17-18H2. The molecule has 1 fully saturated rings. The van der Waals surface area contributed by atoms with Gasteiger partial charge in [0.1, 0.15) is 0 Å². The normalized spacial score (nSPS) is 18.4. The molecule has 2 nitrogen and oxygen atoms in total. The van der Waals surface area contributed by atoms with Crippen molar-refractivity contribution < 1.29 is 0 Å². The lowest BCUT2D eigenvalue weighted by molar-refractivity contribution is 0.361. The number of piperidine rings is 1. The van der Waals surface area contributed by atoms with Gasteiger partial charge in [0, 0.05) is 38.7 Å². The Morgan fingerprint density at radius 1 is 0.824 bits per heavy atom. The molecule has 0 spiro atoms. The van der Waals surface area contributed by atoms with Crippen LogP contribution in [0.25, 0.3) is 10.8 Å². The summed E-state index contributed by atoms with van der Waals surface area (Å²) in [6.45, 7) is 1.87. The second-order valence-electron chi connectivity index (χ2n) is 8.68. The number of anilines is 1.